The smallest absolute Gasteiger partial charge is 0.255 e. The van der Waals surface area contributed by atoms with Crippen LogP contribution in [-0.4, -0.2) is 29.4 Å². The van der Waals surface area contributed by atoms with Gasteiger partial charge in [-0.25, -0.2) is 0 Å². The van der Waals surface area contributed by atoms with Gasteiger partial charge in [-0.2, -0.15) is 0 Å². The second-order valence-electron chi connectivity index (χ2n) is 5.63. The molecule has 1 aromatic heterocycles. The van der Waals surface area contributed by atoms with E-state index in [0.717, 1.165) is 35.2 Å². The quantitative estimate of drug-likeness (QED) is 0.790. The molecule has 0 saturated heterocycles. The molecule has 0 fully saturated rings. The van der Waals surface area contributed by atoms with E-state index in [0.29, 0.717) is 5.56 Å². The largest absolute Gasteiger partial charge is 0.354 e. The van der Waals surface area contributed by atoms with Gasteiger partial charge < -0.3 is 10.2 Å². The van der Waals surface area contributed by atoms with Gasteiger partial charge in [-0.1, -0.05) is 35.3 Å². The molecule has 0 aliphatic heterocycles. The van der Waals surface area contributed by atoms with Gasteiger partial charge in [-0.3, -0.25) is 9.78 Å². The van der Waals surface area contributed by atoms with Gasteiger partial charge in [0.15, 0.2) is 0 Å². The van der Waals surface area contributed by atoms with Crippen LogP contribution in [0.1, 0.15) is 35.7 Å². The van der Waals surface area contributed by atoms with Crippen LogP contribution in [0.4, 0.5) is 11.4 Å². The highest BCUT2D eigenvalue weighted by Gasteiger charge is 2.12. The number of amides is 1. The molecule has 5 heteroatoms. The molecule has 0 bridgehead atoms. The van der Waals surface area contributed by atoms with Gasteiger partial charge in [0.05, 0.1) is 17.4 Å². The first-order valence-electron chi connectivity index (χ1n) is 7.75. The molecule has 0 aliphatic rings. The summed E-state index contributed by atoms with van der Waals surface area (Å²) < 4.78 is 1.04. The van der Waals surface area contributed by atoms with E-state index in [1.54, 1.807) is 17.3 Å². The zero-order valence-corrected chi connectivity index (χ0v) is 15.4. The number of nitrogens with zero attached hydrogens (tertiary/aromatic N) is 2. The maximum Gasteiger partial charge on any atom is 0.255 e. The number of aryl methyl sites for hydroxylation is 1. The Labute approximate surface area is 146 Å². The number of hydrogen-bond acceptors (Lipinski definition) is 3. The van der Waals surface area contributed by atoms with Crippen molar-refractivity contribution in [2.75, 3.05) is 18.9 Å². The third-order valence-electron chi connectivity index (χ3n) is 3.64. The molecule has 1 amide bonds. The second-order valence-corrected chi connectivity index (χ2v) is 6.49. The molecule has 0 radical (unpaired) electrons. The van der Waals surface area contributed by atoms with Crippen molar-refractivity contribution in [1.82, 2.24) is 9.88 Å². The highest BCUT2D eigenvalue weighted by Crippen LogP contribution is 2.23. The molecule has 2 rings (SSSR count). The fourth-order valence-corrected chi connectivity index (χ4v) is 2.56. The third kappa shape index (κ3) is 4.79. The first-order valence-corrected chi connectivity index (χ1v) is 8.54. The van der Waals surface area contributed by atoms with Crippen molar-refractivity contribution in [3.63, 3.8) is 0 Å². The Hall–Kier alpha value is -1.88. The Bertz CT molecular complexity index is 688. The van der Waals surface area contributed by atoms with E-state index in [-0.39, 0.29) is 5.91 Å². The molecule has 4 nitrogen and oxygen atoms in total. The van der Waals surface area contributed by atoms with Crippen molar-refractivity contribution in [3.05, 3.63) is 52.3 Å². The molecule has 0 atom stereocenters. The standard InChI is InChI=1S/C18H22BrN3O/c1-4-5-8-22(3)18(23)14-9-16(12-20-11-14)21-15-7-6-13(2)17(19)10-15/h6-7,9-12,21H,4-5,8H2,1-3H3. The van der Waals surface area contributed by atoms with Crippen LogP contribution in [0.5, 0.6) is 0 Å². The molecule has 1 aromatic carbocycles. The number of halogens is 1. The molecule has 0 aliphatic carbocycles. The van der Waals surface area contributed by atoms with Crippen LogP contribution in [0.25, 0.3) is 0 Å². The number of carbonyl (C=O) groups excluding carboxylic acids is 1. The van der Waals surface area contributed by atoms with Gasteiger partial charge in [-0.05, 0) is 37.1 Å². The lowest BCUT2D eigenvalue weighted by atomic mass is 10.2. The van der Waals surface area contributed by atoms with Gasteiger partial charge in [0.25, 0.3) is 5.91 Å². The Morgan fingerprint density at radius 3 is 2.74 bits per heavy atom. The third-order valence-corrected chi connectivity index (χ3v) is 4.49. The molecule has 23 heavy (non-hydrogen) atoms. The molecule has 122 valence electrons. The zero-order chi connectivity index (χ0) is 16.8. The fourth-order valence-electron chi connectivity index (χ4n) is 2.18. The van der Waals surface area contributed by atoms with Gasteiger partial charge >= 0.3 is 0 Å². The van der Waals surface area contributed by atoms with Crippen LogP contribution >= 0.6 is 15.9 Å². The summed E-state index contributed by atoms with van der Waals surface area (Å²) in [5.41, 5.74) is 3.53. The van der Waals surface area contributed by atoms with E-state index in [4.69, 9.17) is 0 Å². The summed E-state index contributed by atoms with van der Waals surface area (Å²) in [6.07, 6.45) is 5.41. The lowest BCUT2D eigenvalue weighted by Crippen LogP contribution is -2.27. The maximum absolute atomic E-state index is 12.4. The van der Waals surface area contributed by atoms with Crippen LogP contribution in [0.15, 0.2) is 41.1 Å². The molecule has 1 N–H and O–H groups in total. The topological polar surface area (TPSA) is 45.2 Å². The van der Waals surface area contributed by atoms with Crippen LogP contribution in [0.3, 0.4) is 0 Å². The highest BCUT2D eigenvalue weighted by atomic mass is 79.9. The second kappa shape index (κ2) is 8.11. The van der Waals surface area contributed by atoms with E-state index in [9.17, 15) is 4.79 Å². The summed E-state index contributed by atoms with van der Waals surface area (Å²) in [6.45, 7) is 4.92. The molecule has 0 unspecified atom stereocenters. The van der Waals surface area contributed by atoms with Crippen molar-refractivity contribution in [2.24, 2.45) is 0 Å². The first-order chi connectivity index (χ1) is 11.0. The van der Waals surface area contributed by atoms with Crippen molar-refractivity contribution >= 4 is 33.2 Å². The number of unbranched alkanes of at least 4 members (excludes halogenated alkanes) is 1. The SMILES string of the molecule is CCCCN(C)C(=O)c1cncc(Nc2ccc(C)c(Br)c2)c1. The van der Waals surface area contributed by atoms with E-state index in [1.807, 2.05) is 38.2 Å². The maximum atomic E-state index is 12.4. The molecule has 2 aromatic rings. The van der Waals surface area contributed by atoms with E-state index < -0.39 is 0 Å². The molecule has 1 heterocycles. The van der Waals surface area contributed by atoms with E-state index in [2.05, 4.69) is 33.2 Å². The van der Waals surface area contributed by atoms with Crippen LogP contribution in [0.2, 0.25) is 0 Å². The number of benzene rings is 1. The summed E-state index contributed by atoms with van der Waals surface area (Å²) in [5, 5.41) is 3.29. The average molecular weight is 376 g/mol. The van der Waals surface area contributed by atoms with Gasteiger partial charge in [0.2, 0.25) is 0 Å². The van der Waals surface area contributed by atoms with Crippen molar-refractivity contribution in [1.29, 1.82) is 0 Å². The molecular formula is C18H22BrN3O. The summed E-state index contributed by atoms with van der Waals surface area (Å²) in [4.78, 5) is 18.3. The monoisotopic (exact) mass is 375 g/mol. The van der Waals surface area contributed by atoms with Gasteiger partial charge in [-0.15, -0.1) is 0 Å². The molecule has 0 spiro atoms. The predicted molar refractivity (Wildman–Crippen MR) is 98.3 cm³/mol. The minimum Gasteiger partial charge on any atom is -0.354 e. The average Bonchev–Trinajstić information content (AvgIpc) is 2.55. The Balaban J connectivity index is 2.13. The van der Waals surface area contributed by atoms with Crippen LogP contribution < -0.4 is 5.32 Å². The Kier molecular flexibility index (Phi) is 6.16. The molecular weight excluding hydrogens is 354 g/mol. The predicted octanol–water partition coefficient (Wildman–Crippen LogP) is 4.77. The number of aromatic nitrogens is 1. The first kappa shape index (κ1) is 17.5. The number of rotatable bonds is 6. The summed E-state index contributed by atoms with van der Waals surface area (Å²) >= 11 is 3.52. The lowest BCUT2D eigenvalue weighted by molar-refractivity contribution is 0.0793. The van der Waals surface area contributed by atoms with Crippen molar-refractivity contribution in [3.8, 4) is 0 Å². The van der Waals surface area contributed by atoms with E-state index in [1.165, 1.54) is 5.56 Å². The van der Waals surface area contributed by atoms with Crippen molar-refractivity contribution in [2.45, 2.75) is 26.7 Å². The Morgan fingerprint density at radius 1 is 1.26 bits per heavy atom. The number of carbonyl (C=O) groups is 1. The zero-order valence-electron chi connectivity index (χ0n) is 13.8. The number of hydrogen-bond donors (Lipinski definition) is 1. The van der Waals surface area contributed by atoms with E-state index >= 15 is 0 Å². The summed E-state index contributed by atoms with van der Waals surface area (Å²) in [5.74, 6) is -0.000290. The van der Waals surface area contributed by atoms with Crippen LogP contribution in [-0.2, 0) is 0 Å². The van der Waals surface area contributed by atoms with Crippen LogP contribution in [0, 0.1) is 6.92 Å². The highest BCUT2D eigenvalue weighted by molar-refractivity contribution is 9.10. The van der Waals surface area contributed by atoms with Crippen molar-refractivity contribution < 1.29 is 4.79 Å². The summed E-state index contributed by atoms with van der Waals surface area (Å²) in [7, 11) is 1.83. The summed E-state index contributed by atoms with van der Waals surface area (Å²) in [6, 6.07) is 7.89. The Morgan fingerprint density at radius 2 is 2.04 bits per heavy atom. The normalized spacial score (nSPS) is 10.4. The number of anilines is 2. The lowest BCUT2D eigenvalue weighted by Gasteiger charge is -2.17. The van der Waals surface area contributed by atoms with Gasteiger partial charge in [0.1, 0.15) is 0 Å². The number of nitrogens with one attached hydrogen (secondary N) is 1. The minimum absolute atomic E-state index is 0.000290. The van der Waals surface area contributed by atoms with Gasteiger partial charge in [0, 0.05) is 29.9 Å². The minimum atomic E-state index is -0.000290. The number of pyridine rings is 1. The molecule has 0 saturated carbocycles. The fraction of sp³-hybridized carbons (Fsp3) is 0.333.